The maximum Gasteiger partial charge on any atom is 0.348 e. The third-order valence-electron chi connectivity index (χ3n) is 3.05. The lowest BCUT2D eigenvalue weighted by molar-refractivity contribution is -0.137. The summed E-state index contributed by atoms with van der Waals surface area (Å²) in [5, 5.41) is 8.96. The Labute approximate surface area is 107 Å². The van der Waals surface area contributed by atoms with Crippen molar-refractivity contribution in [2.45, 2.75) is 26.2 Å². The number of aryl methyl sites for hydroxylation is 2. The fraction of sp³-hybridized carbons (Fsp3) is 0.333. The summed E-state index contributed by atoms with van der Waals surface area (Å²) >= 11 is 0. The number of hydrogen-bond donors (Lipinski definition) is 0. The largest absolute Gasteiger partial charge is 0.462 e. The van der Waals surface area contributed by atoms with E-state index in [1.165, 1.54) is 17.5 Å². The molecule has 1 aliphatic carbocycles. The molecule has 0 N–H and O–H groups in total. The van der Waals surface area contributed by atoms with E-state index < -0.39 is 5.97 Å². The fourth-order valence-corrected chi connectivity index (χ4v) is 2.19. The first kappa shape index (κ1) is 12.4. The number of carbonyl (C=O) groups is 1. The van der Waals surface area contributed by atoms with Crippen LogP contribution < -0.4 is 0 Å². The molecule has 0 unspecified atom stereocenters. The predicted molar refractivity (Wildman–Crippen MR) is 68.7 cm³/mol. The average molecular weight is 241 g/mol. The monoisotopic (exact) mass is 241 g/mol. The molecule has 0 amide bonds. The van der Waals surface area contributed by atoms with Crippen molar-refractivity contribution in [3.8, 4) is 6.07 Å². The minimum Gasteiger partial charge on any atom is -0.462 e. The molecule has 3 nitrogen and oxygen atoms in total. The van der Waals surface area contributed by atoms with Gasteiger partial charge in [0.1, 0.15) is 11.6 Å². The molecule has 0 fully saturated rings. The zero-order chi connectivity index (χ0) is 13.0. The Balaban J connectivity index is 2.26. The van der Waals surface area contributed by atoms with E-state index in [0.717, 1.165) is 18.4 Å². The number of hydrogen-bond acceptors (Lipinski definition) is 3. The van der Waals surface area contributed by atoms with E-state index in [9.17, 15) is 4.79 Å². The topological polar surface area (TPSA) is 50.1 Å². The maximum atomic E-state index is 11.5. The summed E-state index contributed by atoms with van der Waals surface area (Å²) in [5.74, 6) is -0.555. The highest BCUT2D eigenvalue weighted by Crippen LogP contribution is 2.23. The molecule has 3 heteroatoms. The molecule has 1 aliphatic rings. The molecule has 0 aliphatic heterocycles. The summed E-state index contributed by atoms with van der Waals surface area (Å²) in [6.07, 6.45) is 4.99. The molecule has 0 atom stereocenters. The molecule has 0 spiro atoms. The standard InChI is InChI=1S/C15H15NO2/c1-2-18-15(17)14(10-16)9-11-6-7-12-4-3-5-13(12)8-11/h6-9H,2-5H2,1H3. The number of esters is 1. The van der Waals surface area contributed by atoms with Crippen LogP contribution in [0.5, 0.6) is 0 Å². The van der Waals surface area contributed by atoms with Crippen LogP contribution in [-0.2, 0) is 22.4 Å². The maximum absolute atomic E-state index is 11.5. The molecule has 0 radical (unpaired) electrons. The van der Waals surface area contributed by atoms with Crippen LogP contribution in [0.25, 0.3) is 6.08 Å². The molecule has 18 heavy (non-hydrogen) atoms. The minimum absolute atomic E-state index is 0.0507. The molecule has 0 saturated heterocycles. The molecular weight excluding hydrogens is 226 g/mol. The summed E-state index contributed by atoms with van der Waals surface area (Å²) in [5.41, 5.74) is 3.64. The summed E-state index contributed by atoms with van der Waals surface area (Å²) in [6.45, 7) is 2.00. The molecule has 0 bridgehead atoms. The van der Waals surface area contributed by atoms with Crippen molar-refractivity contribution in [3.05, 3.63) is 40.5 Å². The van der Waals surface area contributed by atoms with E-state index in [1.807, 2.05) is 12.1 Å². The predicted octanol–water partition coefficient (Wildman–Crippen LogP) is 2.65. The average Bonchev–Trinajstić information content (AvgIpc) is 2.83. The summed E-state index contributed by atoms with van der Waals surface area (Å²) in [4.78, 5) is 11.5. The second-order valence-electron chi connectivity index (χ2n) is 4.27. The lowest BCUT2D eigenvalue weighted by atomic mass is 10.0. The Morgan fingerprint density at radius 2 is 2.22 bits per heavy atom. The highest BCUT2D eigenvalue weighted by atomic mass is 16.5. The summed E-state index contributed by atoms with van der Waals surface area (Å²) < 4.78 is 4.83. The Kier molecular flexibility index (Phi) is 3.78. The zero-order valence-electron chi connectivity index (χ0n) is 10.4. The van der Waals surface area contributed by atoms with Crippen molar-refractivity contribution < 1.29 is 9.53 Å². The first-order chi connectivity index (χ1) is 8.74. The van der Waals surface area contributed by atoms with Gasteiger partial charge in [0.25, 0.3) is 0 Å². The van der Waals surface area contributed by atoms with Crippen molar-refractivity contribution in [1.82, 2.24) is 0 Å². The lowest BCUT2D eigenvalue weighted by Gasteiger charge is -2.02. The van der Waals surface area contributed by atoms with Gasteiger partial charge in [-0.15, -0.1) is 0 Å². The van der Waals surface area contributed by atoms with Crippen molar-refractivity contribution in [2.24, 2.45) is 0 Å². The summed E-state index contributed by atoms with van der Waals surface area (Å²) in [7, 11) is 0. The zero-order valence-corrected chi connectivity index (χ0v) is 10.4. The third-order valence-corrected chi connectivity index (χ3v) is 3.05. The van der Waals surface area contributed by atoms with Crippen LogP contribution in [0.15, 0.2) is 23.8 Å². The van der Waals surface area contributed by atoms with Gasteiger partial charge in [-0.25, -0.2) is 4.79 Å². The SMILES string of the molecule is CCOC(=O)C(C#N)=Cc1ccc2c(c1)CCC2. The molecule has 0 saturated carbocycles. The van der Waals surface area contributed by atoms with Crippen LogP contribution in [0, 0.1) is 11.3 Å². The molecule has 1 aromatic carbocycles. The van der Waals surface area contributed by atoms with Gasteiger partial charge in [0.05, 0.1) is 6.61 Å². The second-order valence-corrected chi connectivity index (χ2v) is 4.27. The number of nitriles is 1. The van der Waals surface area contributed by atoms with Gasteiger partial charge in [0, 0.05) is 0 Å². The van der Waals surface area contributed by atoms with E-state index >= 15 is 0 Å². The summed E-state index contributed by atoms with van der Waals surface area (Å²) in [6, 6.07) is 7.97. The van der Waals surface area contributed by atoms with Gasteiger partial charge in [-0.05, 0) is 49.0 Å². The van der Waals surface area contributed by atoms with Crippen LogP contribution in [0.2, 0.25) is 0 Å². The van der Waals surface area contributed by atoms with Crippen LogP contribution in [-0.4, -0.2) is 12.6 Å². The highest BCUT2D eigenvalue weighted by Gasteiger charge is 2.12. The molecule has 0 aromatic heterocycles. The van der Waals surface area contributed by atoms with Crippen molar-refractivity contribution in [1.29, 1.82) is 5.26 Å². The molecule has 1 aromatic rings. The third kappa shape index (κ3) is 2.60. The van der Waals surface area contributed by atoms with E-state index in [2.05, 4.69) is 12.1 Å². The van der Waals surface area contributed by atoms with Gasteiger partial charge in [-0.3, -0.25) is 0 Å². The normalized spacial score (nSPS) is 13.9. The van der Waals surface area contributed by atoms with Gasteiger partial charge < -0.3 is 4.74 Å². The number of rotatable bonds is 3. The van der Waals surface area contributed by atoms with Crippen LogP contribution in [0.1, 0.15) is 30.0 Å². The van der Waals surface area contributed by atoms with Gasteiger partial charge in [0.2, 0.25) is 0 Å². The first-order valence-electron chi connectivity index (χ1n) is 6.15. The number of carbonyl (C=O) groups excluding carboxylic acids is 1. The molecule has 0 heterocycles. The van der Waals surface area contributed by atoms with E-state index in [-0.39, 0.29) is 12.2 Å². The van der Waals surface area contributed by atoms with Gasteiger partial charge in [-0.2, -0.15) is 5.26 Å². The van der Waals surface area contributed by atoms with Crippen LogP contribution in [0.4, 0.5) is 0 Å². The Morgan fingerprint density at radius 1 is 1.44 bits per heavy atom. The van der Waals surface area contributed by atoms with Gasteiger partial charge >= 0.3 is 5.97 Å². The molecule has 92 valence electrons. The van der Waals surface area contributed by atoms with E-state index in [4.69, 9.17) is 10.00 Å². The lowest BCUT2D eigenvalue weighted by Crippen LogP contribution is -2.06. The Hall–Kier alpha value is -2.08. The fourth-order valence-electron chi connectivity index (χ4n) is 2.19. The number of nitrogens with zero attached hydrogens (tertiary/aromatic N) is 1. The van der Waals surface area contributed by atoms with Crippen molar-refractivity contribution in [2.75, 3.05) is 6.61 Å². The second kappa shape index (κ2) is 5.50. The van der Waals surface area contributed by atoms with Gasteiger partial charge in [-0.1, -0.05) is 18.2 Å². The smallest absolute Gasteiger partial charge is 0.348 e. The molecule has 2 rings (SSSR count). The van der Waals surface area contributed by atoms with E-state index in [1.54, 1.807) is 13.0 Å². The number of benzene rings is 1. The quantitative estimate of drug-likeness (QED) is 0.464. The Morgan fingerprint density at radius 3 is 2.94 bits per heavy atom. The van der Waals surface area contributed by atoms with Crippen molar-refractivity contribution >= 4 is 12.0 Å². The van der Waals surface area contributed by atoms with Crippen LogP contribution >= 0.6 is 0 Å². The molecular formula is C15H15NO2. The first-order valence-corrected chi connectivity index (χ1v) is 6.15. The van der Waals surface area contributed by atoms with Crippen LogP contribution in [0.3, 0.4) is 0 Å². The highest BCUT2D eigenvalue weighted by molar-refractivity contribution is 5.97. The number of ether oxygens (including phenoxy) is 1. The van der Waals surface area contributed by atoms with E-state index in [0.29, 0.717) is 0 Å². The number of fused-ring (bicyclic) bond motifs is 1. The van der Waals surface area contributed by atoms with Crippen molar-refractivity contribution in [3.63, 3.8) is 0 Å². The minimum atomic E-state index is -0.555. The van der Waals surface area contributed by atoms with Gasteiger partial charge in [0.15, 0.2) is 0 Å². The Bertz CT molecular complexity index is 538.